The SMILES string of the molecule is COc1ccc(NC(=O)c2ccccc2S(=O)(=O)N2CCCCC2)c(OC)c1. The van der Waals surface area contributed by atoms with Crippen LogP contribution in [0.25, 0.3) is 0 Å². The lowest BCUT2D eigenvalue weighted by atomic mass is 10.2. The number of benzene rings is 2. The number of sulfonamides is 1. The third kappa shape index (κ3) is 4.13. The second-order valence-electron chi connectivity index (χ2n) is 6.48. The predicted molar refractivity (Wildman–Crippen MR) is 107 cm³/mol. The minimum atomic E-state index is -3.74. The van der Waals surface area contributed by atoms with E-state index in [0.29, 0.717) is 30.3 Å². The Bertz CT molecular complexity index is 953. The van der Waals surface area contributed by atoms with Crippen molar-refractivity contribution in [2.45, 2.75) is 24.2 Å². The van der Waals surface area contributed by atoms with Crippen molar-refractivity contribution in [1.29, 1.82) is 0 Å². The molecule has 1 fully saturated rings. The highest BCUT2D eigenvalue weighted by molar-refractivity contribution is 7.89. The van der Waals surface area contributed by atoms with Crippen LogP contribution in [-0.2, 0) is 10.0 Å². The van der Waals surface area contributed by atoms with E-state index in [1.807, 2.05) is 0 Å². The number of hydrogen-bond acceptors (Lipinski definition) is 5. The third-order valence-corrected chi connectivity index (χ3v) is 6.68. The van der Waals surface area contributed by atoms with Crippen molar-refractivity contribution in [3.8, 4) is 11.5 Å². The molecular formula is C20H24N2O5S. The topological polar surface area (TPSA) is 84.9 Å². The van der Waals surface area contributed by atoms with Crippen LogP contribution in [0.3, 0.4) is 0 Å². The zero-order valence-corrected chi connectivity index (χ0v) is 16.8. The molecule has 0 atom stereocenters. The van der Waals surface area contributed by atoms with Crippen LogP contribution in [-0.4, -0.2) is 45.9 Å². The van der Waals surface area contributed by atoms with Crippen LogP contribution in [0, 0.1) is 0 Å². The van der Waals surface area contributed by atoms with Crippen molar-refractivity contribution in [2.75, 3.05) is 32.6 Å². The molecule has 0 saturated carbocycles. The molecule has 0 aromatic heterocycles. The van der Waals surface area contributed by atoms with Gasteiger partial charge in [-0.1, -0.05) is 18.6 Å². The first-order chi connectivity index (χ1) is 13.5. The van der Waals surface area contributed by atoms with Gasteiger partial charge >= 0.3 is 0 Å². The van der Waals surface area contributed by atoms with Crippen LogP contribution in [0.1, 0.15) is 29.6 Å². The summed E-state index contributed by atoms with van der Waals surface area (Å²) in [6.45, 7) is 0.954. The average Bonchev–Trinajstić information content (AvgIpc) is 2.74. The van der Waals surface area contributed by atoms with Crippen molar-refractivity contribution in [2.24, 2.45) is 0 Å². The number of nitrogens with one attached hydrogen (secondary N) is 1. The fraction of sp³-hybridized carbons (Fsp3) is 0.350. The summed E-state index contributed by atoms with van der Waals surface area (Å²) < 4.78 is 38.1. The zero-order chi connectivity index (χ0) is 20.1. The molecule has 1 N–H and O–H groups in total. The molecular weight excluding hydrogens is 380 g/mol. The molecule has 2 aromatic rings. The molecule has 0 spiro atoms. The van der Waals surface area contributed by atoms with Crippen LogP contribution >= 0.6 is 0 Å². The van der Waals surface area contributed by atoms with E-state index in [1.165, 1.54) is 30.7 Å². The van der Waals surface area contributed by atoms with Gasteiger partial charge in [0.25, 0.3) is 5.91 Å². The molecule has 7 nitrogen and oxygen atoms in total. The summed E-state index contributed by atoms with van der Waals surface area (Å²) >= 11 is 0. The monoisotopic (exact) mass is 404 g/mol. The lowest BCUT2D eigenvalue weighted by molar-refractivity contribution is 0.102. The molecule has 3 rings (SSSR count). The van der Waals surface area contributed by atoms with Crippen LogP contribution in [0.2, 0.25) is 0 Å². The van der Waals surface area contributed by atoms with Crippen molar-refractivity contribution in [1.82, 2.24) is 4.31 Å². The van der Waals surface area contributed by atoms with Gasteiger partial charge in [-0.3, -0.25) is 4.79 Å². The molecule has 1 aliphatic heterocycles. The zero-order valence-electron chi connectivity index (χ0n) is 16.0. The van der Waals surface area contributed by atoms with Gasteiger partial charge in [-0.15, -0.1) is 0 Å². The number of rotatable bonds is 6. The van der Waals surface area contributed by atoms with Gasteiger partial charge in [0, 0.05) is 19.2 Å². The molecule has 0 unspecified atom stereocenters. The van der Waals surface area contributed by atoms with Gasteiger partial charge in [0.15, 0.2) is 0 Å². The van der Waals surface area contributed by atoms with Gasteiger partial charge in [0.2, 0.25) is 10.0 Å². The number of piperidine rings is 1. The van der Waals surface area contributed by atoms with E-state index in [2.05, 4.69) is 5.32 Å². The summed E-state index contributed by atoms with van der Waals surface area (Å²) in [6.07, 6.45) is 2.68. The summed E-state index contributed by atoms with van der Waals surface area (Å²) in [5.41, 5.74) is 0.532. The minimum absolute atomic E-state index is 0.0156. The van der Waals surface area contributed by atoms with Gasteiger partial charge in [-0.25, -0.2) is 8.42 Å². The fourth-order valence-electron chi connectivity index (χ4n) is 3.21. The smallest absolute Gasteiger partial charge is 0.257 e. The van der Waals surface area contributed by atoms with Gasteiger partial charge in [-0.2, -0.15) is 4.31 Å². The highest BCUT2D eigenvalue weighted by atomic mass is 32.2. The Morgan fingerprint density at radius 2 is 1.71 bits per heavy atom. The Morgan fingerprint density at radius 3 is 2.39 bits per heavy atom. The van der Waals surface area contributed by atoms with E-state index in [0.717, 1.165) is 19.3 Å². The third-order valence-electron chi connectivity index (χ3n) is 4.72. The first-order valence-corrected chi connectivity index (χ1v) is 10.5. The van der Waals surface area contributed by atoms with E-state index in [-0.39, 0.29) is 10.5 Å². The molecule has 1 saturated heterocycles. The van der Waals surface area contributed by atoms with E-state index in [1.54, 1.807) is 30.3 Å². The van der Waals surface area contributed by atoms with E-state index in [9.17, 15) is 13.2 Å². The summed E-state index contributed by atoms with van der Waals surface area (Å²) in [5, 5.41) is 2.74. The number of ether oxygens (including phenoxy) is 2. The maximum atomic E-state index is 13.1. The Morgan fingerprint density at radius 1 is 1.00 bits per heavy atom. The van der Waals surface area contributed by atoms with Crippen LogP contribution in [0.5, 0.6) is 11.5 Å². The lowest BCUT2D eigenvalue weighted by Gasteiger charge is -2.26. The molecule has 150 valence electrons. The van der Waals surface area contributed by atoms with Gasteiger partial charge < -0.3 is 14.8 Å². The van der Waals surface area contributed by atoms with E-state index >= 15 is 0 Å². The Kier molecular flexibility index (Phi) is 6.21. The first-order valence-electron chi connectivity index (χ1n) is 9.10. The summed E-state index contributed by atoms with van der Waals surface area (Å²) in [5.74, 6) is 0.492. The molecule has 8 heteroatoms. The van der Waals surface area contributed by atoms with Gasteiger partial charge in [0.05, 0.1) is 30.4 Å². The maximum absolute atomic E-state index is 13.1. The van der Waals surface area contributed by atoms with E-state index < -0.39 is 15.9 Å². The molecule has 0 bridgehead atoms. The van der Waals surface area contributed by atoms with Crippen LogP contribution < -0.4 is 14.8 Å². The molecule has 28 heavy (non-hydrogen) atoms. The lowest BCUT2D eigenvalue weighted by Crippen LogP contribution is -2.36. The molecule has 1 heterocycles. The number of hydrogen-bond donors (Lipinski definition) is 1. The molecule has 0 radical (unpaired) electrons. The van der Waals surface area contributed by atoms with Crippen molar-refractivity contribution in [3.63, 3.8) is 0 Å². The number of anilines is 1. The summed E-state index contributed by atoms with van der Waals surface area (Å²) in [7, 11) is -0.713. The van der Waals surface area contributed by atoms with Crippen LogP contribution in [0.15, 0.2) is 47.4 Å². The standard InChI is InChI=1S/C20H24N2O5S/c1-26-15-10-11-17(18(14-15)27-2)21-20(23)16-8-4-5-9-19(16)28(24,25)22-12-6-3-7-13-22/h4-5,8-11,14H,3,6-7,12-13H2,1-2H3,(H,21,23). The fourth-order valence-corrected chi connectivity index (χ4v) is 4.92. The first kappa shape index (κ1) is 20.2. The van der Waals surface area contributed by atoms with Crippen LogP contribution in [0.4, 0.5) is 5.69 Å². The van der Waals surface area contributed by atoms with Crippen molar-refractivity contribution in [3.05, 3.63) is 48.0 Å². The normalized spacial score (nSPS) is 15.1. The number of methoxy groups -OCH3 is 2. The molecule has 1 amide bonds. The number of carbonyl (C=O) groups excluding carboxylic acids is 1. The average molecular weight is 404 g/mol. The minimum Gasteiger partial charge on any atom is -0.497 e. The summed E-state index contributed by atoms with van der Waals surface area (Å²) in [6, 6.07) is 11.3. The predicted octanol–water partition coefficient (Wildman–Crippen LogP) is 3.13. The Hall–Kier alpha value is -2.58. The van der Waals surface area contributed by atoms with Gasteiger partial charge in [0.1, 0.15) is 11.5 Å². The van der Waals surface area contributed by atoms with Crippen molar-refractivity contribution < 1.29 is 22.7 Å². The largest absolute Gasteiger partial charge is 0.497 e. The second kappa shape index (κ2) is 8.62. The molecule has 0 aliphatic carbocycles. The number of amides is 1. The van der Waals surface area contributed by atoms with Gasteiger partial charge in [-0.05, 0) is 37.1 Å². The number of nitrogens with zero attached hydrogens (tertiary/aromatic N) is 1. The highest BCUT2D eigenvalue weighted by Gasteiger charge is 2.30. The molecule has 1 aliphatic rings. The summed E-state index contributed by atoms with van der Waals surface area (Å²) in [4.78, 5) is 12.9. The van der Waals surface area contributed by atoms with Crippen molar-refractivity contribution >= 4 is 21.6 Å². The molecule has 2 aromatic carbocycles. The highest BCUT2D eigenvalue weighted by Crippen LogP contribution is 2.30. The Balaban J connectivity index is 1.91. The second-order valence-corrected chi connectivity index (χ2v) is 8.39. The quantitative estimate of drug-likeness (QED) is 0.800. The number of carbonyl (C=O) groups is 1. The van der Waals surface area contributed by atoms with E-state index in [4.69, 9.17) is 9.47 Å². The Labute approximate surface area is 165 Å². The maximum Gasteiger partial charge on any atom is 0.257 e.